The van der Waals surface area contributed by atoms with Crippen molar-refractivity contribution in [3.05, 3.63) is 51.0 Å². The Morgan fingerprint density at radius 1 is 1.00 bits per heavy atom. The monoisotopic (exact) mass is 413 g/mol. The summed E-state index contributed by atoms with van der Waals surface area (Å²) in [5, 5.41) is 3.71. The lowest BCUT2D eigenvalue weighted by Crippen LogP contribution is -2.38. The van der Waals surface area contributed by atoms with Crippen molar-refractivity contribution in [2.24, 2.45) is 0 Å². The molecule has 0 unspecified atom stereocenters. The van der Waals surface area contributed by atoms with E-state index >= 15 is 0 Å². The summed E-state index contributed by atoms with van der Waals surface area (Å²) in [5.74, 6) is -0.343. The molecule has 1 amide bonds. The van der Waals surface area contributed by atoms with Crippen LogP contribution in [0.4, 0.5) is 17.1 Å². The van der Waals surface area contributed by atoms with Crippen LogP contribution in [0.1, 0.15) is 38.1 Å². The largest absolute Gasteiger partial charge is 0.399 e. The second-order valence-electron chi connectivity index (χ2n) is 6.57. The SMILES string of the molecule is CC(C)N(c1ccc(N)cc1C(=O)Nc1c(Cl)cc(Cl)cc1Cl)C(C)C. The third kappa shape index (κ3) is 4.56. The predicted octanol–water partition coefficient (Wildman–Crippen LogP) is 6.10. The third-order valence-electron chi connectivity index (χ3n) is 3.90. The minimum atomic E-state index is -0.343. The standard InChI is InChI=1S/C19H22Cl3N3O/c1-10(2)25(11(3)4)17-6-5-13(23)9-14(17)19(26)24-18-15(21)7-12(20)8-16(18)22/h5-11H,23H2,1-4H3,(H,24,26). The molecule has 0 saturated carbocycles. The highest BCUT2D eigenvalue weighted by Gasteiger charge is 2.22. The summed E-state index contributed by atoms with van der Waals surface area (Å²) in [5.41, 5.74) is 7.99. The van der Waals surface area contributed by atoms with Crippen LogP contribution in [0.3, 0.4) is 0 Å². The van der Waals surface area contributed by atoms with Crippen molar-refractivity contribution in [1.29, 1.82) is 0 Å². The Morgan fingerprint density at radius 3 is 2.04 bits per heavy atom. The van der Waals surface area contributed by atoms with Crippen molar-refractivity contribution in [3.63, 3.8) is 0 Å². The molecular formula is C19H22Cl3N3O. The van der Waals surface area contributed by atoms with E-state index in [0.29, 0.717) is 22.0 Å². The van der Waals surface area contributed by atoms with Gasteiger partial charge in [-0.1, -0.05) is 34.8 Å². The zero-order valence-corrected chi connectivity index (χ0v) is 17.4. The number of nitrogens with one attached hydrogen (secondary N) is 1. The number of anilines is 3. The highest BCUT2D eigenvalue weighted by molar-refractivity contribution is 6.42. The quantitative estimate of drug-likeness (QED) is 0.581. The fourth-order valence-electron chi connectivity index (χ4n) is 2.96. The van der Waals surface area contributed by atoms with Crippen LogP contribution in [0.15, 0.2) is 30.3 Å². The lowest BCUT2D eigenvalue weighted by molar-refractivity contribution is 0.102. The van der Waals surface area contributed by atoms with Gasteiger partial charge < -0.3 is 16.0 Å². The van der Waals surface area contributed by atoms with Gasteiger partial charge in [-0.25, -0.2) is 0 Å². The molecule has 0 aliphatic heterocycles. The molecule has 26 heavy (non-hydrogen) atoms. The minimum absolute atomic E-state index is 0.202. The molecule has 0 fully saturated rings. The first-order chi connectivity index (χ1) is 12.1. The van der Waals surface area contributed by atoms with E-state index in [1.807, 2.05) is 6.07 Å². The van der Waals surface area contributed by atoms with Crippen molar-refractivity contribution in [2.45, 2.75) is 39.8 Å². The van der Waals surface area contributed by atoms with Crippen molar-refractivity contribution < 1.29 is 4.79 Å². The number of rotatable bonds is 5. The molecule has 2 rings (SSSR count). The average molecular weight is 415 g/mol. The van der Waals surface area contributed by atoms with Gasteiger partial charge in [0, 0.05) is 22.8 Å². The van der Waals surface area contributed by atoms with E-state index < -0.39 is 0 Å². The molecule has 0 heterocycles. The fourth-order valence-corrected chi connectivity index (χ4v) is 3.87. The zero-order chi connectivity index (χ0) is 19.6. The van der Waals surface area contributed by atoms with Gasteiger partial charge in [0.25, 0.3) is 5.91 Å². The maximum Gasteiger partial charge on any atom is 0.257 e. The maximum absolute atomic E-state index is 13.0. The van der Waals surface area contributed by atoms with Crippen LogP contribution in [-0.4, -0.2) is 18.0 Å². The second-order valence-corrected chi connectivity index (χ2v) is 7.82. The lowest BCUT2D eigenvalue weighted by Gasteiger charge is -2.34. The first-order valence-electron chi connectivity index (χ1n) is 8.25. The van der Waals surface area contributed by atoms with Crippen molar-refractivity contribution in [2.75, 3.05) is 16.0 Å². The molecule has 2 aromatic carbocycles. The van der Waals surface area contributed by atoms with Gasteiger partial charge in [0.15, 0.2) is 0 Å². The lowest BCUT2D eigenvalue weighted by atomic mass is 10.1. The predicted molar refractivity (Wildman–Crippen MR) is 113 cm³/mol. The van der Waals surface area contributed by atoms with Crippen LogP contribution in [0, 0.1) is 0 Å². The van der Waals surface area contributed by atoms with Crippen molar-refractivity contribution in [3.8, 4) is 0 Å². The van der Waals surface area contributed by atoms with Crippen LogP contribution in [0.25, 0.3) is 0 Å². The van der Waals surface area contributed by atoms with Crippen molar-refractivity contribution in [1.82, 2.24) is 0 Å². The molecule has 0 aliphatic rings. The van der Waals surface area contributed by atoms with Crippen molar-refractivity contribution >= 4 is 57.8 Å². The zero-order valence-electron chi connectivity index (χ0n) is 15.1. The van der Waals surface area contributed by atoms with Crippen LogP contribution in [0.5, 0.6) is 0 Å². The van der Waals surface area contributed by atoms with Crippen LogP contribution in [-0.2, 0) is 0 Å². The Labute approximate surface area is 169 Å². The summed E-state index contributed by atoms with van der Waals surface area (Å²) in [4.78, 5) is 15.1. The van der Waals surface area contributed by atoms with Crippen LogP contribution >= 0.6 is 34.8 Å². The van der Waals surface area contributed by atoms with Gasteiger partial charge in [0.05, 0.1) is 27.0 Å². The first-order valence-corrected chi connectivity index (χ1v) is 9.39. The Balaban J connectivity index is 2.48. The maximum atomic E-state index is 13.0. The van der Waals surface area contributed by atoms with E-state index in [1.165, 1.54) is 12.1 Å². The molecular weight excluding hydrogens is 393 g/mol. The number of benzene rings is 2. The summed E-state index contributed by atoms with van der Waals surface area (Å²) in [6.07, 6.45) is 0. The van der Waals surface area contributed by atoms with Gasteiger partial charge in [-0.3, -0.25) is 4.79 Å². The van der Waals surface area contributed by atoms with Gasteiger partial charge >= 0.3 is 0 Å². The van der Waals surface area contributed by atoms with Crippen LogP contribution in [0.2, 0.25) is 15.1 Å². The van der Waals surface area contributed by atoms with Crippen LogP contribution < -0.4 is 16.0 Å². The van der Waals surface area contributed by atoms with E-state index in [4.69, 9.17) is 40.5 Å². The number of amides is 1. The number of nitrogens with zero attached hydrogens (tertiary/aromatic N) is 1. The molecule has 0 radical (unpaired) electrons. The molecule has 140 valence electrons. The number of hydrogen-bond donors (Lipinski definition) is 2. The molecule has 2 aromatic rings. The number of hydrogen-bond acceptors (Lipinski definition) is 3. The Hall–Kier alpha value is -1.62. The summed E-state index contributed by atoms with van der Waals surface area (Å²) >= 11 is 18.3. The number of halogens is 3. The molecule has 0 aliphatic carbocycles. The summed E-state index contributed by atoms with van der Waals surface area (Å²) in [6.45, 7) is 8.30. The summed E-state index contributed by atoms with van der Waals surface area (Å²) in [7, 11) is 0. The normalized spacial score (nSPS) is 11.1. The first kappa shape index (κ1) is 20.7. The molecule has 0 spiro atoms. The Kier molecular flexibility index (Phi) is 6.67. The average Bonchev–Trinajstić information content (AvgIpc) is 2.51. The fraction of sp³-hybridized carbons (Fsp3) is 0.316. The molecule has 0 atom stereocenters. The number of nitrogens with two attached hydrogens (primary N) is 1. The number of carbonyl (C=O) groups is 1. The van der Waals surface area contributed by atoms with E-state index in [2.05, 4.69) is 37.9 Å². The summed E-state index contributed by atoms with van der Waals surface area (Å²) < 4.78 is 0. The highest BCUT2D eigenvalue weighted by Crippen LogP contribution is 2.35. The topological polar surface area (TPSA) is 58.4 Å². The van der Waals surface area contributed by atoms with Gasteiger partial charge in [-0.15, -0.1) is 0 Å². The molecule has 4 nitrogen and oxygen atoms in total. The van der Waals surface area contributed by atoms with Gasteiger partial charge in [0.2, 0.25) is 0 Å². The smallest absolute Gasteiger partial charge is 0.257 e. The number of nitrogen functional groups attached to an aromatic ring is 1. The Bertz CT molecular complexity index is 791. The molecule has 0 saturated heterocycles. The Morgan fingerprint density at radius 2 is 1.54 bits per heavy atom. The third-order valence-corrected chi connectivity index (χ3v) is 4.72. The van der Waals surface area contributed by atoms with Gasteiger partial charge in [0.1, 0.15) is 0 Å². The van der Waals surface area contributed by atoms with E-state index in [0.717, 1.165) is 5.69 Å². The van der Waals surface area contributed by atoms with Gasteiger partial charge in [-0.05, 0) is 58.0 Å². The minimum Gasteiger partial charge on any atom is -0.399 e. The second kappa shape index (κ2) is 8.38. The van der Waals surface area contributed by atoms with E-state index in [9.17, 15) is 4.79 Å². The summed E-state index contributed by atoms with van der Waals surface area (Å²) in [6, 6.07) is 8.75. The molecule has 7 heteroatoms. The highest BCUT2D eigenvalue weighted by atomic mass is 35.5. The van der Waals surface area contributed by atoms with Gasteiger partial charge in [-0.2, -0.15) is 0 Å². The van der Waals surface area contributed by atoms with E-state index in [1.54, 1.807) is 12.1 Å². The molecule has 0 aromatic heterocycles. The van der Waals surface area contributed by atoms with E-state index in [-0.39, 0.29) is 28.0 Å². The molecule has 0 bridgehead atoms. The molecule has 3 N–H and O–H groups in total. The number of carbonyl (C=O) groups excluding carboxylic acids is 1.